The van der Waals surface area contributed by atoms with Gasteiger partial charge < -0.3 is 5.32 Å². The molecule has 2 nitrogen and oxygen atoms in total. The van der Waals surface area contributed by atoms with Gasteiger partial charge in [-0.1, -0.05) is 17.7 Å². The molecule has 1 N–H and O–H groups in total. The fourth-order valence-corrected chi connectivity index (χ4v) is 3.70. The van der Waals surface area contributed by atoms with Crippen LogP contribution in [-0.4, -0.2) is 16.0 Å². The number of hydrogen-bond donors (Lipinski definition) is 1. The first-order chi connectivity index (χ1) is 7.74. The van der Waals surface area contributed by atoms with Crippen molar-refractivity contribution in [3.05, 3.63) is 29.3 Å². The summed E-state index contributed by atoms with van der Waals surface area (Å²) in [5, 5.41) is 3.66. The van der Waals surface area contributed by atoms with Gasteiger partial charge >= 0.3 is 0 Å². The molecule has 2 aliphatic rings. The molecule has 0 amide bonds. The Morgan fingerprint density at radius 3 is 2.88 bits per heavy atom. The van der Waals surface area contributed by atoms with E-state index in [0.29, 0.717) is 12.1 Å². The lowest BCUT2D eigenvalue weighted by atomic mass is 10.0. The number of benzene rings is 1. The van der Waals surface area contributed by atoms with E-state index < -0.39 is 10.8 Å². The number of fused-ring (bicyclic) bond motifs is 1. The third kappa shape index (κ3) is 1.94. The maximum Gasteiger partial charge on any atom is 0.0533 e. The van der Waals surface area contributed by atoms with Gasteiger partial charge in [-0.3, -0.25) is 4.21 Å². The maximum atomic E-state index is 11.9. The summed E-state index contributed by atoms with van der Waals surface area (Å²) in [4.78, 5) is 1.05. The molecule has 1 aromatic rings. The maximum absolute atomic E-state index is 11.9. The zero-order chi connectivity index (χ0) is 11.1. The second-order valence-corrected chi connectivity index (χ2v) is 6.41. The molecule has 1 aromatic carbocycles. The van der Waals surface area contributed by atoms with Crippen LogP contribution in [0.4, 0.5) is 0 Å². The number of hydrogen-bond acceptors (Lipinski definition) is 2. The largest absolute Gasteiger partial charge is 0.307 e. The fraction of sp³-hybridized carbons (Fsp3) is 0.538. The van der Waals surface area contributed by atoms with Crippen molar-refractivity contribution in [1.29, 1.82) is 0 Å². The van der Waals surface area contributed by atoms with Gasteiger partial charge in [-0.15, -0.1) is 0 Å². The van der Waals surface area contributed by atoms with Gasteiger partial charge in [0, 0.05) is 22.7 Å². The Bertz CT molecular complexity index is 440. The van der Waals surface area contributed by atoms with E-state index in [1.54, 1.807) is 0 Å². The number of nitrogens with one attached hydrogen (secondary N) is 1. The second-order valence-electron chi connectivity index (χ2n) is 4.87. The van der Waals surface area contributed by atoms with Crippen molar-refractivity contribution in [3.8, 4) is 0 Å². The molecule has 1 aliphatic carbocycles. The molecular formula is C13H17NOS. The summed E-state index contributed by atoms with van der Waals surface area (Å²) in [6.45, 7) is 2.10. The molecule has 0 spiro atoms. The summed E-state index contributed by atoms with van der Waals surface area (Å²) in [7, 11) is -0.779. The Morgan fingerprint density at radius 1 is 1.31 bits per heavy atom. The fourth-order valence-electron chi connectivity index (χ4n) is 2.35. The normalized spacial score (nSPS) is 28.8. The van der Waals surface area contributed by atoms with Crippen molar-refractivity contribution in [1.82, 2.24) is 5.32 Å². The standard InChI is InChI=1S/C13H17NOS/c1-9-2-5-13-11(8-9)12(6-7-16(13)15)14-10-3-4-10/h2,5,8,10,12,14H,3-4,6-7H2,1H3. The van der Waals surface area contributed by atoms with E-state index in [-0.39, 0.29) is 0 Å². The molecule has 0 aromatic heterocycles. The highest BCUT2D eigenvalue weighted by molar-refractivity contribution is 7.85. The van der Waals surface area contributed by atoms with E-state index in [9.17, 15) is 4.21 Å². The Morgan fingerprint density at radius 2 is 2.12 bits per heavy atom. The molecule has 1 heterocycles. The average Bonchev–Trinajstić information content (AvgIpc) is 3.06. The van der Waals surface area contributed by atoms with Crippen LogP contribution in [0.2, 0.25) is 0 Å². The van der Waals surface area contributed by atoms with E-state index in [1.165, 1.54) is 24.0 Å². The summed E-state index contributed by atoms with van der Waals surface area (Å²) < 4.78 is 11.9. The molecule has 86 valence electrons. The molecule has 16 heavy (non-hydrogen) atoms. The summed E-state index contributed by atoms with van der Waals surface area (Å²) >= 11 is 0. The highest BCUT2D eigenvalue weighted by Gasteiger charge is 2.30. The third-order valence-electron chi connectivity index (χ3n) is 3.39. The lowest BCUT2D eigenvalue weighted by Gasteiger charge is -2.26. The zero-order valence-corrected chi connectivity index (χ0v) is 10.3. The van der Waals surface area contributed by atoms with Gasteiger partial charge in [-0.2, -0.15) is 0 Å². The van der Waals surface area contributed by atoms with Crippen LogP contribution in [0.5, 0.6) is 0 Å². The Labute approximate surface area is 98.9 Å². The van der Waals surface area contributed by atoms with E-state index in [1.807, 2.05) is 6.07 Å². The predicted molar refractivity (Wildman–Crippen MR) is 66.0 cm³/mol. The van der Waals surface area contributed by atoms with Crippen molar-refractivity contribution in [3.63, 3.8) is 0 Å². The predicted octanol–water partition coefficient (Wildman–Crippen LogP) is 2.30. The van der Waals surface area contributed by atoms with E-state index >= 15 is 0 Å². The Kier molecular flexibility index (Phi) is 2.60. The van der Waals surface area contributed by atoms with Crippen LogP contribution in [0.1, 0.15) is 36.4 Å². The monoisotopic (exact) mass is 235 g/mol. The molecule has 3 rings (SSSR count). The van der Waals surface area contributed by atoms with Crippen molar-refractivity contribution in [2.45, 2.75) is 43.2 Å². The molecule has 1 fully saturated rings. The van der Waals surface area contributed by atoms with Gasteiger partial charge in [0.2, 0.25) is 0 Å². The molecule has 1 aliphatic heterocycles. The Hall–Kier alpha value is -0.670. The molecule has 1 saturated carbocycles. The first-order valence-electron chi connectivity index (χ1n) is 5.99. The highest BCUT2D eigenvalue weighted by atomic mass is 32.2. The van der Waals surface area contributed by atoms with Gasteiger partial charge in [0.05, 0.1) is 10.8 Å². The topological polar surface area (TPSA) is 29.1 Å². The van der Waals surface area contributed by atoms with E-state index in [2.05, 4.69) is 24.4 Å². The summed E-state index contributed by atoms with van der Waals surface area (Å²) in [6.07, 6.45) is 3.63. The minimum atomic E-state index is -0.779. The van der Waals surface area contributed by atoms with Gasteiger partial charge in [-0.05, 0) is 37.8 Å². The second kappa shape index (κ2) is 3.97. The minimum absolute atomic E-state index is 0.431. The average molecular weight is 235 g/mol. The SMILES string of the molecule is Cc1ccc2c(c1)C(NC1CC1)CCS2=O. The van der Waals surface area contributed by atoms with Crippen LogP contribution in [0.15, 0.2) is 23.1 Å². The molecule has 2 atom stereocenters. The van der Waals surface area contributed by atoms with Crippen molar-refractivity contribution >= 4 is 10.8 Å². The Balaban J connectivity index is 1.96. The minimum Gasteiger partial charge on any atom is -0.307 e. The first-order valence-corrected chi connectivity index (χ1v) is 7.31. The third-order valence-corrected chi connectivity index (χ3v) is 4.86. The van der Waals surface area contributed by atoms with Crippen LogP contribution in [0.25, 0.3) is 0 Å². The van der Waals surface area contributed by atoms with Crippen molar-refractivity contribution < 1.29 is 4.21 Å². The first kappa shape index (κ1) is 10.5. The number of rotatable bonds is 2. The number of aryl methyl sites for hydroxylation is 1. The van der Waals surface area contributed by atoms with Crippen LogP contribution >= 0.6 is 0 Å². The molecule has 0 bridgehead atoms. The van der Waals surface area contributed by atoms with E-state index in [4.69, 9.17) is 0 Å². The molecular weight excluding hydrogens is 218 g/mol. The molecule has 0 radical (unpaired) electrons. The van der Waals surface area contributed by atoms with Gasteiger partial charge in [0.15, 0.2) is 0 Å². The quantitative estimate of drug-likeness (QED) is 0.852. The van der Waals surface area contributed by atoms with Crippen molar-refractivity contribution in [2.75, 3.05) is 5.75 Å². The van der Waals surface area contributed by atoms with Crippen molar-refractivity contribution in [2.24, 2.45) is 0 Å². The lowest BCUT2D eigenvalue weighted by Crippen LogP contribution is -2.29. The lowest BCUT2D eigenvalue weighted by molar-refractivity contribution is 0.501. The van der Waals surface area contributed by atoms with E-state index in [0.717, 1.165) is 17.1 Å². The summed E-state index contributed by atoms with van der Waals surface area (Å²) in [6, 6.07) is 7.45. The summed E-state index contributed by atoms with van der Waals surface area (Å²) in [5.74, 6) is 0.806. The van der Waals surface area contributed by atoms with Crippen LogP contribution in [0.3, 0.4) is 0 Å². The molecule has 0 saturated heterocycles. The highest BCUT2D eigenvalue weighted by Crippen LogP contribution is 2.33. The summed E-state index contributed by atoms with van der Waals surface area (Å²) in [5.41, 5.74) is 2.54. The zero-order valence-electron chi connectivity index (χ0n) is 9.53. The van der Waals surface area contributed by atoms with Crippen LogP contribution in [-0.2, 0) is 10.8 Å². The van der Waals surface area contributed by atoms with Crippen LogP contribution in [0, 0.1) is 6.92 Å². The van der Waals surface area contributed by atoms with Crippen LogP contribution < -0.4 is 5.32 Å². The molecule has 3 heteroatoms. The van der Waals surface area contributed by atoms with Gasteiger partial charge in [0.25, 0.3) is 0 Å². The van der Waals surface area contributed by atoms with Gasteiger partial charge in [0.1, 0.15) is 0 Å². The van der Waals surface area contributed by atoms with Gasteiger partial charge in [-0.25, -0.2) is 0 Å². The smallest absolute Gasteiger partial charge is 0.0533 e. The molecule has 2 unspecified atom stereocenters.